The Morgan fingerprint density at radius 1 is 1.23 bits per heavy atom. The van der Waals surface area contributed by atoms with Gasteiger partial charge in [-0.05, 0) is 6.42 Å². The molecule has 7 heteroatoms. The van der Waals surface area contributed by atoms with E-state index in [0.29, 0.717) is 0 Å². The summed E-state index contributed by atoms with van der Waals surface area (Å²) < 4.78 is 0. The Labute approximate surface area is 75.9 Å². The number of nitrogens with two attached hydrogens (primary N) is 2. The number of carboxylic acids is 2. The van der Waals surface area contributed by atoms with E-state index in [1.54, 1.807) is 0 Å². The summed E-state index contributed by atoms with van der Waals surface area (Å²) in [5, 5.41) is 16.0. The van der Waals surface area contributed by atoms with E-state index in [0.717, 1.165) is 19.4 Å². The highest BCUT2D eigenvalue weighted by molar-refractivity contribution is 6.27. The fourth-order valence-electron chi connectivity index (χ4n) is 0.341. The van der Waals surface area contributed by atoms with E-state index in [9.17, 15) is 0 Å². The molecule has 0 aromatic heterocycles. The first-order valence-electron chi connectivity index (χ1n) is 3.65. The van der Waals surface area contributed by atoms with Gasteiger partial charge in [-0.15, -0.1) is 0 Å². The van der Waals surface area contributed by atoms with E-state index in [1.807, 2.05) is 0 Å². The Bertz CT molecular complexity index is 148. The van der Waals surface area contributed by atoms with Crippen molar-refractivity contribution in [2.45, 2.75) is 19.8 Å². The van der Waals surface area contributed by atoms with Gasteiger partial charge >= 0.3 is 11.9 Å². The Morgan fingerprint density at radius 2 is 1.62 bits per heavy atom. The smallest absolute Gasteiger partial charge is 0.414 e. The minimum absolute atomic E-state index is 0.788. The lowest BCUT2D eigenvalue weighted by atomic mass is 10.3. The maximum absolute atomic E-state index is 9.10. The standard InChI is InChI=1S/C4H13N3.C2H2O4/c1-2-3-4-7(5)6;3-1(4)2(5)6/h2-6H2,1H3;(H,3,4)(H,5,6). The van der Waals surface area contributed by atoms with Crippen molar-refractivity contribution in [3.8, 4) is 0 Å². The molecule has 0 fully saturated rings. The van der Waals surface area contributed by atoms with Crippen molar-refractivity contribution in [1.29, 1.82) is 0 Å². The van der Waals surface area contributed by atoms with Gasteiger partial charge in [0.25, 0.3) is 0 Å². The highest BCUT2D eigenvalue weighted by atomic mass is 16.4. The second-order valence-corrected chi connectivity index (χ2v) is 2.20. The van der Waals surface area contributed by atoms with Gasteiger partial charge in [0, 0.05) is 6.54 Å². The average molecular weight is 193 g/mol. The third-order valence-corrected chi connectivity index (χ3v) is 0.953. The van der Waals surface area contributed by atoms with Crippen molar-refractivity contribution in [3.05, 3.63) is 0 Å². The summed E-state index contributed by atoms with van der Waals surface area (Å²) in [4.78, 5) is 18.2. The van der Waals surface area contributed by atoms with E-state index in [2.05, 4.69) is 6.92 Å². The molecule has 0 aromatic rings. The number of rotatable bonds is 3. The summed E-state index contributed by atoms with van der Waals surface area (Å²) in [6.07, 6.45) is 2.22. The van der Waals surface area contributed by atoms with E-state index >= 15 is 0 Å². The summed E-state index contributed by atoms with van der Waals surface area (Å²) in [5.41, 5.74) is 0. The van der Waals surface area contributed by atoms with Crippen LogP contribution in [0.25, 0.3) is 0 Å². The molecule has 0 saturated heterocycles. The first kappa shape index (κ1) is 14.3. The van der Waals surface area contributed by atoms with Gasteiger partial charge in [-0.2, -0.15) is 5.12 Å². The van der Waals surface area contributed by atoms with Gasteiger partial charge in [0.05, 0.1) is 0 Å². The van der Waals surface area contributed by atoms with Crippen LogP contribution in [0.3, 0.4) is 0 Å². The van der Waals surface area contributed by atoms with Gasteiger partial charge in [0.15, 0.2) is 0 Å². The molecule has 13 heavy (non-hydrogen) atoms. The predicted molar refractivity (Wildman–Crippen MR) is 45.3 cm³/mol. The fraction of sp³-hybridized carbons (Fsp3) is 0.667. The summed E-state index contributed by atoms with van der Waals surface area (Å²) >= 11 is 0. The number of hydrazine groups is 2. The maximum atomic E-state index is 9.10. The highest BCUT2D eigenvalue weighted by Crippen LogP contribution is 1.82. The zero-order chi connectivity index (χ0) is 10.9. The van der Waals surface area contributed by atoms with Crippen molar-refractivity contribution >= 4 is 11.9 Å². The van der Waals surface area contributed by atoms with E-state index in [4.69, 9.17) is 31.5 Å². The van der Waals surface area contributed by atoms with Crippen molar-refractivity contribution in [3.63, 3.8) is 0 Å². The van der Waals surface area contributed by atoms with E-state index in [-0.39, 0.29) is 0 Å². The van der Waals surface area contributed by atoms with Crippen molar-refractivity contribution in [2.75, 3.05) is 6.54 Å². The molecule has 7 nitrogen and oxygen atoms in total. The molecule has 78 valence electrons. The third kappa shape index (κ3) is 18.1. The van der Waals surface area contributed by atoms with Crippen LogP contribution in [0.4, 0.5) is 0 Å². The van der Waals surface area contributed by atoms with Crippen molar-refractivity contribution < 1.29 is 19.8 Å². The lowest BCUT2D eigenvalue weighted by Gasteiger charge is -2.05. The van der Waals surface area contributed by atoms with Crippen LogP contribution in [0.1, 0.15) is 19.8 Å². The summed E-state index contributed by atoms with van der Waals surface area (Å²) in [6.45, 7) is 2.89. The SMILES string of the molecule is CCCCN(N)N.O=C(O)C(=O)O. The lowest BCUT2D eigenvalue weighted by molar-refractivity contribution is -0.159. The summed E-state index contributed by atoms with van der Waals surface area (Å²) in [6, 6.07) is 0. The van der Waals surface area contributed by atoms with Crippen LogP contribution in [-0.4, -0.2) is 33.8 Å². The summed E-state index contributed by atoms with van der Waals surface area (Å²) in [7, 11) is 0. The number of carboxylic acid groups (broad SMARTS) is 2. The summed E-state index contributed by atoms with van der Waals surface area (Å²) in [5.74, 6) is 6.53. The first-order valence-corrected chi connectivity index (χ1v) is 3.65. The van der Waals surface area contributed by atoms with Crippen LogP contribution >= 0.6 is 0 Å². The monoisotopic (exact) mass is 193 g/mol. The molecule has 0 aliphatic heterocycles. The molecule has 0 saturated carbocycles. The van der Waals surface area contributed by atoms with Gasteiger partial charge in [-0.1, -0.05) is 13.3 Å². The molecule has 0 bridgehead atoms. The van der Waals surface area contributed by atoms with Gasteiger partial charge < -0.3 is 10.2 Å². The molecular weight excluding hydrogens is 178 g/mol. The number of hydrogen-bond acceptors (Lipinski definition) is 5. The fourth-order valence-corrected chi connectivity index (χ4v) is 0.341. The molecule has 0 aliphatic carbocycles. The Hall–Kier alpha value is -1.18. The van der Waals surface area contributed by atoms with Crippen molar-refractivity contribution in [2.24, 2.45) is 11.7 Å². The molecule has 0 aromatic carbocycles. The number of hydrogen-bond donors (Lipinski definition) is 4. The van der Waals surface area contributed by atoms with Crippen LogP contribution in [0.2, 0.25) is 0 Å². The minimum atomic E-state index is -1.82. The first-order chi connectivity index (χ1) is 5.91. The van der Waals surface area contributed by atoms with Crippen LogP contribution < -0.4 is 11.7 Å². The zero-order valence-corrected chi connectivity index (χ0v) is 7.43. The van der Waals surface area contributed by atoms with Gasteiger partial charge in [-0.25, -0.2) is 9.59 Å². The Morgan fingerprint density at radius 3 is 1.69 bits per heavy atom. The van der Waals surface area contributed by atoms with Crippen LogP contribution in [0, 0.1) is 0 Å². The second-order valence-electron chi connectivity index (χ2n) is 2.20. The minimum Gasteiger partial charge on any atom is -0.473 e. The van der Waals surface area contributed by atoms with Crippen molar-refractivity contribution in [1.82, 2.24) is 5.12 Å². The van der Waals surface area contributed by atoms with Gasteiger partial charge in [-0.3, -0.25) is 11.7 Å². The van der Waals surface area contributed by atoms with Crippen LogP contribution in [0.5, 0.6) is 0 Å². The molecule has 0 amide bonds. The lowest BCUT2D eigenvalue weighted by Crippen LogP contribution is -2.38. The second kappa shape index (κ2) is 8.91. The average Bonchev–Trinajstić information content (AvgIpc) is 2.01. The number of carbonyl (C=O) groups is 2. The zero-order valence-electron chi connectivity index (χ0n) is 7.43. The molecule has 0 atom stereocenters. The Balaban J connectivity index is 0. The van der Waals surface area contributed by atoms with Gasteiger partial charge in [0.2, 0.25) is 0 Å². The van der Waals surface area contributed by atoms with Crippen LogP contribution in [0.15, 0.2) is 0 Å². The van der Waals surface area contributed by atoms with Gasteiger partial charge in [0.1, 0.15) is 0 Å². The maximum Gasteiger partial charge on any atom is 0.414 e. The highest BCUT2D eigenvalue weighted by Gasteiger charge is 2.04. The molecule has 0 heterocycles. The number of nitrogens with zero attached hydrogens (tertiary/aromatic N) is 1. The van der Waals surface area contributed by atoms with Crippen LogP contribution in [-0.2, 0) is 9.59 Å². The number of aliphatic carboxylic acids is 2. The Kier molecular flexibility index (Phi) is 9.84. The molecule has 6 N–H and O–H groups in total. The van der Waals surface area contributed by atoms with E-state index in [1.165, 1.54) is 5.12 Å². The normalized spacial score (nSPS) is 8.92. The predicted octanol–water partition coefficient (Wildman–Crippen LogP) is -1.01. The molecule has 0 rings (SSSR count). The van der Waals surface area contributed by atoms with E-state index < -0.39 is 11.9 Å². The molecule has 0 spiro atoms. The quantitative estimate of drug-likeness (QED) is 0.256. The molecule has 0 aliphatic rings. The molecule has 0 radical (unpaired) electrons. The largest absolute Gasteiger partial charge is 0.473 e. The molecular formula is C6H15N3O4. The molecule has 0 unspecified atom stereocenters. The topological polar surface area (TPSA) is 130 Å². The number of unbranched alkanes of at least 4 members (excludes halogenated alkanes) is 1. The third-order valence-electron chi connectivity index (χ3n) is 0.953.